The molecule has 1 N–H and O–H groups in total. The predicted octanol–water partition coefficient (Wildman–Crippen LogP) is 2.29. The largest absolute Gasteiger partial charge is 0.356 e. The van der Waals surface area contributed by atoms with E-state index in [-0.39, 0.29) is 16.3 Å². The van der Waals surface area contributed by atoms with Crippen LogP contribution < -0.4 is 5.43 Å². The van der Waals surface area contributed by atoms with Crippen LogP contribution in [0.5, 0.6) is 0 Å². The molecule has 0 saturated carbocycles. The summed E-state index contributed by atoms with van der Waals surface area (Å²) in [4.78, 5) is 14.9. The fraction of sp³-hybridized carbons (Fsp3) is 0.250. The molecule has 1 aliphatic rings. The van der Waals surface area contributed by atoms with Gasteiger partial charge in [0.2, 0.25) is 0 Å². The van der Waals surface area contributed by atoms with Crippen LogP contribution in [0.2, 0.25) is 0 Å². The van der Waals surface area contributed by atoms with E-state index in [1.54, 1.807) is 0 Å². The molecule has 4 heteroatoms. The first-order chi connectivity index (χ1) is 7.66. The second kappa shape index (κ2) is 3.14. The molecule has 0 saturated heterocycles. The molecule has 0 fully saturated rings. The van der Waals surface area contributed by atoms with Crippen molar-refractivity contribution in [2.24, 2.45) is 0 Å². The lowest BCUT2D eigenvalue weighted by Gasteiger charge is -2.04. The van der Waals surface area contributed by atoms with Crippen molar-refractivity contribution in [3.05, 3.63) is 45.2 Å². The van der Waals surface area contributed by atoms with Crippen LogP contribution in [0.3, 0.4) is 0 Å². The molecule has 3 rings (SSSR count). The molecule has 1 aromatic heterocycles. The van der Waals surface area contributed by atoms with Gasteiger partial charge in [-0.05, 0) is 25.3 Å². The summed E-state index contributed by atoms with van der Waals surface area (Å²) in [6, 6.07) is 1.88. The van der Waals surface area contributed by atoms with Gasteiger partial charge < -0.3 is 4.98 Å². The molecule has 0 radical (unpaired) electrons. The Labute approximate surface area is 89.9 Å². The Balaban J connectivity index is 2.51. The van der Waals surface area contributed by atoms with Gasteiger partial charge in [-0.2, -0.15) is 0 Å². The zero-order valence-electron chi connectivity index (χ0n) is 8.44. The van der Waals surface area contributed by atoms with Gasteiger partial charge in [-0.1, -0.05) is 0 Å². The monoisotopic (exact) mass is 221 g/mol. The fourth-order valence-corrected chi connectivity index (χ4v) is 2.33. The number of aryl methyl sites for hydroxylation is 1. The van der Waals surface area contributed by atoms with Gasteiger partial charge in [0.05, 0.1) is 10.9 Å². The molecular formula is C12H9F2NO. The van der Waals surface area contributed by atoms with Gasteiger partial charge in [-0.25, -0.2) is 8.78 Å². The molecule has 1 aliphatic carbocycles. The molecule has 2 aromatic rings. The van der Waals surface area contributed by atoms with E-state index in [1.807, 2.05) is 0 Å². The molecular weight excluding hydrogens is 212 g/mol. The Kier molecular flexibility index (Phi) is 1.87. The molecule has 0 bridgehead atoms. The summed E-state index contributed by atoms with van der Waals surface area (Å²) in [5, 5.41) is 0.109. The summed E-state index contributed by atoms with van der Waals surface area (Å²) < 4.78 is 26.5. The summed E-state index contributed by atoms with van der Waals surface area (Å²) in [5.74, 6) is -1.42. The number of benzene rings is 1. The molecule has 0 amide bonds. The first-order valence-corrected chi connectivity index (χ1v) is 5.19. The van der Waals surface area contributed by atoms with E-state index in [4.69, 9.17) is 0 Å². The van der Waals surface area contributed by atoms with Gasteiger partial charge in [0, 0.05) is 17.3 Å². The van der Waals surface area contributed by atoms with Crippen LogP contribution in [0.25, 0.3) is 10.9 Å². The lowest BCUT2D eigenvalue weighted by molar-refractivity contribution is 0.590. The van der Waals surface area contributed by atoms with Crippen molar-refractivity contribution in [2.75, 3.05) is 0 Å². The zero-order chi connectivity index (χ0) is 11.3. The Morgan fingerprint density at radius 2 is 2.00 bits per heavy atom. The fourth-order valence-electron chi connectivity index (χ4n) is 2.33. The number of hydrogen-bond donors (Lipinski definition) is 1. The molecule has 0 aliphatic heterocycles. The zero-order valence-corrected chi connectivity index (χ0v) is 8.44. The maximum Gasteiger partial charge on any atom is 0.193 e. The van der Waals surface area contributed by atoms with E-state index in [2.05, 4.69) is 4.98 Å². The number of aromatic amines is 1. The topological polar surface area (TPSA) is 32.9 Å². The van der Waals surface area contributed by atoms with Crippen molar-refractivity contribution in [1.29, 1.82) is 0 Å². The smallest absolute Gasteiger partial charge is 0.193 e. The van der Waals surface area contributed by atoms with Gasteiger partial charge >= 0.3 is 0 Å². The SMILES string of the molecule is O=c1c2c([nH]c3c(F)cc(F)cc13)CCC2. The highest BCUT2D eigenvalue weighted by molar-refractivity contribution is 5.80. The molecule has 2 nitrogen and oxygen atoms in total. The maximum absolute atomic E-state index is 13.5. The van der Waals surface area contributed by atoms with Crippen LogP contribution in [-0.2, 0) is 12.8 Å². The third kappa shape index (κ3) is 1.19. The van der Waals surface area contributed by atoms with E-state index in [0.29, 0.717) is 12.0 Å². The number of nitrogens with one attached hydrogen (secondary N) is 1. The lowest BCUT2D eigenvalue weighted by atomic mass is 10.1. The van der Waals surface area contributed by atoms with Gasteiger partial charge in [0.15, 0.2) is 5.43 Å². The van der Waals surface area contributed by atoms with E-state index < -0.39 is 11.6 Å². The van der Waals surface area contributed by atoms with Crippen molar-refractivity contribution in [2.45, 2.75) is 19.3 Å². The third-order valence-electron chi connectivity index (χ3n) is 3.07. The summed E-state index contributed by atoms with van der Waals surface area (Å²) >= 11 is 0. The average Bonchev–Trinajstić information content (AvgIpc) is 2.68. The molecule has 82 valence electrons. The highest BCUT2D eigenvalue weighted by Crippen LogP contribution is 2.22. The van der Waals surface area contributed by atoms with E-state index in [9.17, 15) is 13.6 Å². The van der Waals surface area contributed by atoms with Crippen LogP contribution in [0.4, 0.5) is 8.78 Å². The minimum atomic E-state index is -0.714. The summed E-state index contributed by atoms with van der Waals surface area (Å²) in [7, 11) is 0. The van der Waals surface area contributed by atoms with Crippen molar-refractivity contribution in [1.82, 2.24) is 4.98 Å². The van der Waals surface area contributed by atoms with Crippen LogP contribution >= 0.6 is 0 Å². The molecule has 0 spiro atoms. The minimum absolute atomic E-state index is 0.109. The van der Waals surface area contributed by atoms with E-state index in [0.717, 1.165) is 30.7 Å². The van der Waals surface area contributed by atoms with Crippen LogP contribution in [0.15, 0.2) is 16.9 Å². The van der Waals surface area contributed by atoms with Crippen molar-refractivity contribution in [3.63, 3.8) is 0 Å². The predicted molar refractivity (Wildman–Crippen MR) is 56.5 cm³/mol. The molecule has 1 aromatic carbocycles. The Hall–Kier alpha value is -1.71. The Morgan fingerprint density at radius 3 is 2.81 bits per heavy atom. The number of halogens is 2. The number of aromatic nitrogens is 1. The number of H-pyrrole nitrogens is 1. The summed E-state index contributed by atoms with van der Waals surface area (Å²) in [6.45, 7) is 0. The summed E-state index contributed by atoms with van der Waals surface area (Å²) in [5.41, 5.74) is 1.35. The Morgan fingerprint density at radius 1 is 1.19 bits per heavy atom. The van der Waals surface area contributed by atoms with Crippen molar-refractivity contribution in [3.8, 4) is 0 Å². The number of pyridine rings is 1. The first kappa shape index (κ1) is 9.51. The van der Waals surface area contributed by atoms with Gasteiger partial charge in [0.25, 0.3) is 0 Å². The maximum atomic E-state index is 13.5. The van der Waals surface area contributed by atoms with E-state index >= 15 is 0 Å². The highest BCUT2D eigenvalue weighted by Gasteiger charge is 2.18. The second-order valence-electron chi connectivity index (χ2n) is 4.07. The normalized spacial score (nSPS) is 14.4. The average molecular weight is 221 g/mol. The van der Waals surface area contributed by atoms with Gasteiger partial charge in [-0.15, -0.1) is 0 Å². The molecule has 16 heavy (non-hydrogen) atoms. The quantitative estimate of drug-likeness (QED) is 0.727. The molecule has 1 heterocycles. The first-order valence-electron chi connectivity index (χ1n) is 5.19. The number of rotatable bonds is 0. The number of fused-ring (bicyclic) bond motifs is 2. The lowest BCUT2D eigenvalue weighted by Crippen LogP contribution is -2.11. The summed E-state index contributed by atoms with van der Waals surface area (Å²) in [6.07, 6.45) is 2.34. The second-order valence-corrected chi connectivity index (χ2v) is 4.07. The van der Waals surface area contributed by atoms with Crippen LogP contribution in [0, 0.1) is 11.6 Å². The van der Waals surface area contributed by atoms with Crippen LogP contribution in [-0.4, -0.2) is 4.98 Å². The Bertz CT molecular complexity index is 645. The van der Waals surface area contributed by atoms with E-state index in [1.165, 1.54) is 0 Å². The van der Waals surface area contributed by atoms with Crippen LogP contribution in [0.1, 0.15) is 17.7 Å². The highest BCUT2D eigenvalue weighted by atomic mass is 19.1. The third-order valence-corrected chi connectivity index (χ3v) is 3.07. The number of hydrogen-bond acceptors (Lipinski definition) is 1. The molecule has 0 unspecified atom stereocenters. The van der Waals surface area contributed by atoms with Crippen molar-refractivity contribution >= 4 is 10.9 Å². The van der Waals surface area contributed by atoms with Gasteiger partial charge in [-0.3, -0.25) is 4.79 Å². The standard InChI is InChI=1S/C12H9F2NO/c13-6-4-8-11(9(14)5-6)15-10-3-1-2-7(10)12(8)16/h4-5H,1-3H2,(H,15,16). The minimum Gasteiger partial charge on any atom is -0.356 e. The molecule has 0 atom stereocenters. The van der Waals surface area contributed by atoms with Gasteiger partial charge in [0.1, 0.15) is 11.6 Å². The van der Waals surface area contributed by atoms with Crippen molar-refractivity contribution < 1.29 is 8.78 Å².